The molecule has 0 aliphatic heterocycles. The highest BCUT2D eigenvalue weighted by atomic mass is 16.5. The van der Waals surface area contributed by atoms with Gasteiger partial charge in [0.1, 0.15) is 11.6 Å². The van der Waals surface area contributed by atoms with Crippen molar-refractivity contribution in [1.29, 1.82) is 0 Å². The number of rotatable bonds is 10. The number of imidazole rings is 1. The molecule has 0 amide bonds. The summed E-state index contributed by atoms with van der Waals surface area (Å²) in [5.74, 6) is 0.876. The predicted molar refractivity (Wildman–Crippen MR) is 119 cm³/mol. The highest BCUT2D eigenvalue weighted by Gasteiger charge is 2.14. The molecule has 0 spiro atoms. The summed E-state index contributed by atoms with van der Waals surface area (Å²) in [6, 6.07) is 17.6. The first-order valence-electron chi connectivity index (χ1n) is 10.3. The van der Waals surface area contributed by atoms with Crippen molar-refractivity contribution in [3.8, 4) is 5.75 Å². The van der Waals surface area contributed by atoms with Gasteiger partial charge in [0.05, 0.1) is 19.0 Å². The molecule has 0 atom stereocenters. The Kier molecular flexibility index (Phi) is 7.44. The topological polar surface area (TPSA) is 64.3 Å². The SMILES string of the molecule is CCCCc1ncc(C=C(Cc2ccccc2)C(=O)O)n1Cc1ccc(OC)cc1. The van der Waals surface area contributed by atoms with Crippen LogP contribution in [0.4, 0.5) is 0 Å². The number of hydrogen-bond donors (Lipinski definition) is 1. The van der Waals surface area contributed by atoms with Gasteiger partial charge in [0.25, 0.3) is 0 Å². The number of hydrogen-bond acceptors (Lipinski definition) is 3. The van der Waals surface area contributed by atoms with E-state index < -0.39 is 5.97 Å². The van der Waals surface area contributed by atoms with E-state index in [2.05, 4.69) is 16.5 Å². The fourth-order valence-corrected chi connectivity index (χ4v) is 3.36. The third kappa shape index (κ3) is 5.60. The first kappa shape index (κ1) is 21.4. The molecule has 0 saturated carbocycles. The smallest absolute Gasteiger partial charge is 0.331 e. The van der Waals surface area contributed by atoms with E-state index in [4.69, 9.17) is 4.74 Å². The van der Waals surface area contributed by atoms with Gasteiger partial charge in [0, 0.05) is 25.0 Å². The summed E-state index contributed by atoms with van der Waals surface area (Å²) in [6.45, 7) is 2.78. The van der Waals surface area contributed by atoms with Crippen molar-refractivity contribution in [3.05, 3.63) is 89.0 Å². The second kappa shape index (κ2) is 10.4. The normalized spacial score (nSPS) is 11.5. The highest BCUT2D eigenvalue weighted by molar-refractivity contribution is 5.92. The van der Waals surface area contributed by atoms with Gasteiger partial charge < -0.3 is 14.4 Å². The molecule has 1 aromatic heterocycles. The Hall–Kier alpha value is -3.34. The van der Waals surface area contributed by atoms with Crippen LogP contribution in [-0.4, -0.2) is 27.7 Å². The Morgan fingerprint density at radius 3 is 2.47 bits per heavy atom. The molecule has 0 unspecified atom stereocenters. The second-order valence-electron chi connectivity index (χ2n) is 7.27. The Morgan fingerprint density at radius 2 is 1.83 bits per heavy atom. The summed E-state index contributed by atoms with van der Waals surface area (Å²) < 4.78 is 7.36. The van der Waals surface area contributed by atoms with Gasteiger partial charge in [-0.05, 0) is 35.8 Å². The van der Waals surface area contributed by atoms with Crippen LogP contribution in [0.2, 0.25) is 0 Å². The molecule has 0 aliphatic carbocycles. The number of methoxy groups -OCH3 is 1. The van der Waals surface area contributed by atoms with Gasteiger partial charge in [0.2, 0.25) is 0 Å². The zero-order chi connectivity index (χ0) is 21.3. The van der Waals surface area contributed by atoms with Crippen LogP contribution in [0.25, 0.3) is 6.08 Å². The quantitative estimate of drug-likeness (QED) is 0.483. The number of aryl methyl sites for hydroxylation is 1. The number of benzene rings is 2. The molecule has 5 nitrogen and oxygen atoms in total. The van der Waals surface area contributed by atoms with Gasteiger partial charge in [0.15, 0.2) is 0 Å². The van der Waals surface area contributed by atoms with E-state index in [1.807, 2.05) is 54.6 Å². The first-order chi connectivity index (χ1) is 14.6. The van der Waals surface area contributed by atoms with Crippen LogP contribution < -0.4 is 4.74 Å². The van der Waals surface area contributed by atoms with E-state index in [0.29, 0.717) is 18.5 Å². The molecule has 3 aromatic rings. The van der Waals surface area contributed by atoms with E-state index in [-0.39, 0.29) is 0 Å². The van der Waals surface area contributed by atoms with E-state index in [1.54, 1.807) is 19.4 Å². The molecule has 3 rings (SSSR count). The lowest BCUT2D eigenvalue weighted by Gasteiger charge is -2.12. The maximum atomic E-state index is 11.9. The van der Waals surface area contributed by atoms with Gasteiger partial charge in [-0.15, -0.1) is 0 Å². The highest BCUT2D eigenvalue weighted by Crippen LogP contribution is 2.19. The minimum Gasteiger partial charge on any atom is -0.497 e. The molecule has 0 saturated heterocycles. The van der Waals surface area contributed by atoms with Crippen LogP contribution in [-0.2, 0) is 24.2 Å². The fourth-order valence-electron chi connectivity index (χ4n) is 3.36. The predicted octanol–water partition coefficient (Wildman–Crippen LogP) is 4.99. The largest absolute Gasteiger partial charge is 0.497 e. The minimum atomic E-state index is -0.911. The van der Waals surface area contributed by atoms with Crippen molar-refractivity contribution in [2.24, 2.45) is 0 Å². The molecule has 156 valence electrons. The van der Waals surface area contributed by atoms with Gasteiger partial charge in [-0.25, -0.2) is 9.78 Å². The Labute approximate surface area is 177 Å². The van der Waals surface area contributed by atoms with Crippen molar-refractivity contribution >= 4 is 12.0 Å². The van der Waals surface area contributed by atoms with Gasteiger partial charge in [-0.1, -0.05) is 55.8 Å². The van der Waals surface area contributed by atoms with Crippen molar-refractivity contribution in [2.45, 2.75) is 39.2 Å². The third-order valence-electron chi connectivity index (χ3n) is 5.06. The number of aliphatic carboxylic acids is 1. The number of unbranched alkanes of at least 4 members (excludes halogenated alkanes) is 1. The third-order valence-corrected chi connectivity index (χ3v) is 5.06. The Bertz CT molecular complexity index is 989. The molecule has 0 aliphatic rings. The Balaban J connectivity index is 1.94. The van der Waals surface area contributed by atoms with Gasteiger partial charge in [-0.3, -0.25) is 0 Å². The number of ether oxygens (including phenoxy) is 1. The number of carbonyl (C=O) groups is 1. The maximum Gasteiger partial charge on any atom is 0.331 e. The van der Waals surface area contributed by atoms with Crippen LogP contribution >= 0.6 is 0 Å². The summed E-state index contributed by atoms with van der Waals surface area (Å²) in [4.78, 5) is 16.5. The summed E-state index contributed by atoms with van der Waals surface area (Å²) in [7, 11) is 1.65. The van der Waals surface area contributed by atoms with Gasteiger partial charge >= 0.3 is 5.97 Å². The number of carboxylic acids is 1. The molecule has 1 N–H and O–H groups in total. The zero-order valence-electron chi connectivity index (χ0n) is 17.5. The van der Waals surface area contributed by atoms with Gasteiger partial charge in [-0.2, -0.15) is 0 Å². The van der Waals surface area contributed by atoms with E-state index in [1.165, 1.54) is 0 Å². The monoisotopic (exact) mass is 404 g/mol. The summed E-state index contributed by atoms with van der Waals surface area (Å²) >= 11 is 0. The molecule has 0 fully saturated rings. The van der Waals surface area contributed by atoms with Crippen LogP contribution in [0.15, 0.2) is 66.4 Å². The van der Waals surface area contributed by atoms with Crippen molar-refractivity contribution < 1.29 is 14.6 Å². The number of nitrogens with zero attached hydrogens (tertiary/aromatic N) is 2. The van der Waals surface area contributed by atoms with E-state index in [0.717, 1.165) is 47.7 Å². The fraction of sp³-hybridized carbons (Fsp3) is 0.280. The summed E-state index contributed by atoms with van der Waals surface area (Å²) in [5, 5.41) is 9.77. The lowest BCUT2D eigenvalue weighted by Crippen LogP contribution is -2.09. The average Bonchev–Trinajstić information content (AvgIpc) is 3.14. The molecule has 30 heavy (non-hydrogen) atoms. The summed E-state index contributed by atoms with van der Waals surface area (Å²) in [6.07, 6.45) is 6.88. The molecule has 2 aromatic carbocycles. The zero-order valence-corrected chi connectivity index (χ0v) is 17.5. The lowest BCUT2D eigenvalue weighted by atomic mass is 10.0. The average molecular weight is 405 g/mol. The summed E-state index contributed by atoms with van der Waals surface area (Å²) in [5.41, 5.74) is 3.24. The molecule has 0 radical (unpaired) electrons. The first-order valence-corrected chi connectivity index (χ1v) is 10.3. The van der Waals surface area contributed by atoms with E-state index in [9.17, 15) is 9.90 Å². The van der Waals surface area contributed by atoms with Crippen LogP contribution in [0.5, 0.6) is 5.75 Å². The van der Waals surface area contributed by atoms with Crippen molar-refractivity contribution in [3.63, 3.8) is 0 Å². The number of carboxylic acid groups (broad SMARTS) is 1. The lowest BCUT2D eigenvalue weighted by molar-refractivity contribution is -0.132. The van der Waals surface area contributed by atoms with Crippen LogP contribution in [0.3, 0.4) is 0 Å². The minimum absolute atomic E-state index is 0.346. The van der Waals surface area contributed by atoms with Crippen LogP contribution in [0, 0.1) is 0 Å². The standard InChI is InChI=1S/C25H28N2O3/c1-3-4-10-24-26-17-22(27(24)18-20-11-13-23(30-2)14-12-20)16-21(25(28)29)15-19-8-6-5-7-9-19/h5-9,11-14,16-17H,3-4,10,15,18H2,1-2H3,(H,28,29). The Morgan fingerprint density at radius 1 is 1.10 bits per heavy atom. The second-order valence-corrected chi connectivity index (χ2v) is 7.27. The molecular formula is C25H28N2O3. The molecule has 1 heterocycles. The maximum absolute atomic E-state index is 11.9. The van der Waals surface area contributed by atoms with E-state index >= 15 is 0 Å². The van der Waals surface area contributed by atoms with Crippen molar-refractivity contribution in [1.82, 2.24) is 9.55 Å². The number of aromatic nitrogens is 2. The molecule has 0 bridgehead atoms. The van der Waals surface area contributed by atoms with Crippen LogP contribution in [0.1, 0.15) is 42.4 Å². The molecular weight excluding hydrogens is 376 g/mol. The van der Waals surface area contributed by atoms with Crippen molar-refractivity contribution in [2.75, 3.05) is 7.11 Å². The molecule has 5 heteroatoms.